The molecule has 4 rings (SSSR count). The average molecular weight is 365 g/mol. The van der Waals surface area contributed by atoms with E-state index in [1.807, 2.05) is 67.2 Å². The predicted octanol–water partition coefficient (Wildman–Crippen LogP) is 3.06. The number of anilines is 1. The number of hydrogen-bond donors (Lipinski definition) is 0. The second-order valence-corrected chi connectivity index (χ2v) is 7.18. The summed E-state index contributed by atoms with van der Waals surface area (Å²) in [6.07, 6.45) is 5.39. The molecule has 3 aromatic heterocycles. The van der Waals surface area contributed by atoms with Crippen LogP contribution in [-0.4, -0.2) is 39.5 Å². The molecule has 26 heavy (non-hydrogen) atoms. The lowest BCUT2D eigenvalue weighted by Gasteiger charge is -2.13. The van der Waals surface area contributed by atoms with Gasteiger partial charge in [0.15, 0.2) is 0 Å². The Hall–Kier alpha value is -2.80. The molecule has 4 aromatic rings. The van der Waals surface area contributed by atoms with Crippen molar-refractivity contribution in [1.29, 1.82) is 0 Å². The lowest BCUT2D eigenvalue weighted by molar-refractivity contribution is 0.919. The Bertz CT molecular complexity index is 1170. The van der Waals surface area contributed by atoms with Crippen molar-refractivity contribution in [3.8, 4) is 5.69 Å². The zero-order chi connectivity index (χ0) is 18.4. The minimum atomic E-state index is -0.0999. The predicted molar refractivity (Wildman–Crippen MR) is 108 cm³/mol. The van der Waals surface area contributed by atoms with Crippen LogP contribution in [0.3, 0.4) is 0 Å². The number of pyridine rings is 1. The molecule has 0 unspecified atom stereocenters. The molecule has 0 saturated heterocycles. The largest absolute Gasteiger partial charge is 0.377 e. The molecule has 0 saturated carbocycles. The highest BCUT2D eigenvalue weighted by molar-refractivity contribution is 7.98. The van der Waals surface area contributed by atoms with E-state index >= 15 is 0 Å². The van der Waals surface area contributed by atoms with Crippen LogP contribution in [0.25, 0.3) is 27.8 Å². The van der Waals surface area contributed by atoms with Gasteiger partial charge >= 0.3 is 0 Å². The molecule has 7 heteroatoms. The molecule has 0 bridgehead atoms. The quantitative estimate of drug-likeness (QED) is 0.522. The van der Waals surface area contributed by atoms with E-state index < -0.39 is 0 Å². The normalized spacial score (nSPS) is 11.4. The van der Waals surface area contributed by atoms with Crippen LogP contribution in [0.5, 0.6) is 0 Å². The first kappa shape index (κ1) is 16.7. The summed E-state index contributed by atoms with van der Waals surface area (Å²) >= 11 is 1.67. The van der Waals surface area contributed by atoms with E-state index in [4.69, 9.17) is 0 Å². The fraction of sp³-hybridized carbons (Fsp3) is 0.211. The number of hydrogen-bond acceptors (Lipinski definition) is 5. The van der Waals surface area contributed by atoms with Gasteiger partial charge in [0.25, 0.3) is 5.56 Å². The third-order valence-electron chi connectivity index (χ3n) is 4.58. The Balaban J connectivity index is 2.04. The maximum atomic E-state index is 13.2. The third kappa shape index (κ3) is 2.39. The van der Waals surface area contributed by atoms with E-state index in [1.54, 1.807) is 28.9 Å². The summed E-state index contributed by atoms with van der Waals surface area (Å²) < 4.78 is 3.42. The first-order valence-corrected chi connectivity index (χ1v) is 9.42. The number of benzene rings is 1. The van der Waals surface area contributed by atoms with Gasteiger partial charge in [0.2, 0.25) is 0 Å². The van der Waals surface area contributed by atoms with Gasteiger partial charge in [-0.15, -0.1) is 11.8 Å². The van der Waals surface area contributed by atoms with Crippen molar-refractivity contribution in [1.82, 2.24) is 19.1 Å². The molecule has 3 heterocycles. The number of nitrogens with zero attached hydrogens (tertiary/aromatic N) is 5. The number of aromatic nitrogens is 4. The standard InChI is InChI=1S/C19H19N5OS/c1-22(2)14-9-10-20-18-15(14)16-17(23(18)3)19(25)24(11-21-16)12-5-7-13(26-4)8-6-12/h5-11H,1-4H3. The highest BCUT2D eigenvalue weighted by Gasteiger charge is 2.19. The maximum Gasteiger partial charge on any atom is 0.282 e. The van der Waals surface area contributed by atoms with Crippen LogP contribution in [0.15, 0.2) is 52.5 Å². The number of aryl methyl sites for hydroxylation is 1. The zero-order valence-corrected chi connectivity index (χ0v) is 15.9. The average Bonchev–Trinajstić information content (AvgIpc) is 2.95. The summed E-state index contributed by atoms with van der Waals surface area (Å²) in [6, 6.07) is 9.82. The van der Waals surface area contributed by atoms with E-state index in [-0.39, 0.29) is 5.56 Å². The Kier molecular flexibility index (Phi) is 3.96. The molecule has 0 atom stereocenters. The highest BCUT2D eigenvalue weighted by atomic mass is 32.2. The van der Waals surface area contributed by atoms with Crippen LogP contribution in [0.1, 0.15) is 0 Å². The third-order valence-corrected chi connectivity index (χ3v) is 5.32. The van der Waals surface area contributed by atoms with E-state index in [0.717, 1.165) is 27.3 Å². The fourth-order valence-corrected chi connectivity index (χ4v) is 3.67. The highest BCUT2D eigenvalue weighted by Crippen LogP contribution is 2.31. The Morgan fingerprint density at radius 3 is 2.46 bits per heavy atom. The number of rotatable bonds is 3. The monoisotopic (exact) mass is 365 g/mol. The van der Waals surface area contributed by atoms with Gasteiger partial charge in [-0.25, -0.2) is 9.97 Å². The Morgan fingerprint density at radius 1 is 1.08 bits per heavy atom. The molecule has 0 radical (unpaired) electrons. The van der Waals surface area contributed by atoms with Crippen LogP contribution >= 0.6 is 11.8 Å². The summed E-state index contributed by atoms with van der Waals surface area (Å²) in [7, 11) is 5.81. The van der Waals surface area contributed by atoms with E-state index in [0.29, 0.717) is 11.0 Å². The number of fused-ring (bicyclic) bond motifs is 3. The molecule has 0 aliphatic carbocycles. The van der Waals surface area contributed by atoms with Crippen molar-refractivity contribution in [2.24, 2.45) is 7.05 Å². The van der Waals surface area contributed by atoms with Gasteiger partial charge in [0.1, 0.15) is 23.0 Å². The second-order valence-electron chi connectivity index (χ2n) is 6.30. The molecule has 1 aromatic carbocycles. The Labute approximate surface area is 155 Å². The van der Waals surface area contributed by atoms with Crippen molar-refractivity contribution in [2.45, 2.75) is 4.90 Å². The SMILES string of the molecule is CSc1ccc(-n2cnc3c4c(N(C)C)ccnc4n(C)c3c2=O)cc1. The molecular formula is C19H19N5OS. The molecule has 0 aliphatic rings. The molecular weight excluding hydrogens is 346 g/mol. The lowest BCUT2D eigenvalue weighted by Crippen LogP contribution is -2.20. The Morgan fingerprint density at radius 2 is 1.81 bits per heavy atom. The molecule has 0 spiro atoms. The van der Waals surface area contributed by atoms with Gasteiger partial charge in [0, 0.05) is 32.2 Å². The second kappa shape index (κ2) is 6.17. The van der Waals surface area contributed by atoms with Crippen LogP contribution in [-0.2, 0) is 7.05 Å². The van der Waals surface area contributed by atoms with Gasteiger partial charge in [0.05, 0.1) is 16.8 Å². The lowest BCUT2D eigenvalue weighted by atomic mass is 10.2. The first-order valence-electron chi connectivity index (χ1n) is 8.19. The smallest absolute Gasteiger partial charge is 0.282 e. The molecule has 0 fully saturated rings. The van der Waals surface area contributed by atoms with Crippen molar-refractivity contribution >= 4 is 39.5 Å². The topological polar surface area (TPSA) is 56.0 Å². The van der Waals surface area contributed by atoms with Crippen LogP contribution in [0.2, 0.25) is 0 Å². The van der Waals surface area contributed by atoms with E-state index in [9.17, 15) is 4.79 Å². The summed E-state index contributed by atoms with van der Waals surface area (Å²) in [5.74, 6) is 0. The minimum Gasteiger partial charge on any atom is -0.377 e. The summed E-state index contributed by atoms with van der Waals surface area (Å²) in [5.41, 5.74) is 3.69. The fourth-order valence-electron chi connectivity index (χ4n) is 3.26. The molecule has 0 aliphatic heterocycles. The summed E-state index contributed by atoms with van der Waals surface area (Å²) in [5, 5.41) is 0.900. The van der Waals surface area contributed by atoms with Gasteiger partial charge in [-0.3, -0.25) is 9.36 Å². The van der Waals surface area contributed by atoms with Gasteiger partial charge in [-0.05, 0) is 36.6 Å². The molecule has 132 valence electrons. The van der Waals surface area contributed by atoms with E-state index in [2.05, 4.69) is 9.97 Å². The van der Waals surface area contributed by atoms with Crippen LogP contribution in [0.4, 0.5) is 5.69 Å². The van der Waals surface area contributed by atoms with Crippen LogP contribution < -0.4 is 10.5 Å². The van der Waals surface area contributed by atoms with Crippen molar-refractivity contribution < 1.29 is 0 Å². The zero-order valence-electron chi connectivity index (χ0n) is 15.1. The maximum absolute atomic E-state index is 13.2. The molecule has 0 amide bonds. The van der Waals surface area contributed by atoms with E-state index in [1.165, 1.54) is 0 Å². The molecule has 6 nitrogen and oxygen atoms in total. The van der Waals surface area contributed by atoms with Crippen LogP contribution in [0, 0.1) is 0 Å². The van der Waals surface area contributed by atoms with Crippen molar-refractivity contribution in [3.63, 3.8) is 0 Å². The van der Waals surface area contributed by atoms with Crippen molar-refractivity contribution in [3.05, 3.63) is 53.2 Å². The van der Waals surface area contributed by atoms with Gasteiger partial charge in [-0.2, -0.15) is 0 Å². The number of thioether (sulfide) groups is 1. The summed E-state index contributed by atoms with van der Waals surface area (Å²) in [4.78, 5) is 25.5. The first-order chi connectivity index (χ1) is 12.5. The molecule has 0 N–H and O–H groups in total. The van der Waals surface area contributed by atoms with Gasteiger partial charge in [-0.1, -0.05) is 0 Å². The minimum absolute atomic E-state index is 0.0999. The van der Waals surface area contributed by atoms with Crippen molar-refractivity contribution in [2.75, 3.05) is 25.3 Å². The summed E-state index contributed by atoms with van der Waals surface area (Å²) in [6.45, 7) is 0. The van der Waals surface area contributed by atoms with Gasteiger partial charge < -0.3 is 9.47 Å².